The first-order valence-electron chi connectivity index (χ1n) is 16.6. The molecule has 0 spiro atoms. The van der Waals surface area contributed by atoms with Gasteiger partial charge in [-0.1, -0.05) is 18.2 Å². The van der Waals surface area contributed by atoms with Gasteiger partial charge in [0.2, 0.25) is 0 Å². The van der Waals surface area contributed by atoms with Crippen LogP contribution < -0.4 is 0 Å². The van der Waals surface area contributed by atoms with Crippen LogP contribution >= 0.6 is 0 Å². The molecule has 51 heavy (non-hydrogen) atoms. The van der Waals surface area contributed by atoms with Gasteiger partial charge in [0.1, 0.15) is 36.6 Å². The standard InChI is InChI=1S/C33H42O18/c1-31(2)46-22-16(19(25(34)35)43-28(22)49-31)40-10-13-7-14(11-41-17-20(26(36)37)44-29-23(17)47-32(3,4)50-29)9-15(8-13)12-42-18-21(27(38)39)45-30-24(18)48-33(5,6)51-30/h7-9,16-24,28-30H,10-12H2,1-6H3,(H,34,35)(H,36,37)(H,38,39)/t16-,17-,18-,19-,20-,21-,22+,23+,24+,28+,29+,30+/m0/s1. The number of rotatable bonds is 12. The molecule has 18 nitrogen and oxygen atoms in total. The highest BCUT2D eigenvalue weighted by Gasteiger charge is 2.60. The SMILES string of the molecule is CC1(C)O[C@H]2O[C@H](C(=O)O)[C@H](OCc3cc(CO[C@@H]4[C@H]5OC(C)(C)O[C@H]5O[C@@H]4C(=O)O)cc(CO[C@@H]4[C@H]5OC(C)(C)O[C@H]5O[C@@H]4C(=O)O)c3)[C@H]2O1. The van der Waals surface area contributed by atoms with Crippen molar-refractivity contribution in [1.29, 1.82) is 0 Å². The predicted octanol–water partition coefficient (Wildman–Crippen LogP) is 1.23. The van der Waals surface area contributed by atoms with Crippen LogP contribution in [0.3, 0.4) is 0 Å². The number of hydrogen-bond acceptors (Lipinski definition) is 15. The molecule has 0 aromatic heterocycles. The highest BCUT2D eigenvalue weighted by molar-refractivity contribution is 5.74. The van der Waals surface area contributed by atoms with Crippen LogP contribution in [-0.4, -0.2) is 124 Å². The van der Waals surface area contributed by atoms with E-state index in [2.05, 4.69) is 0 Å². The zero-order valence-electron chi connectivity index (χ0n) is 28.7. The molecule has 1 aromatic carbocycles. The Balaban J connectivity index is 1.12. The fourth-order valence-corrected chi connectivity index (χ4v) is 7.25. The van der Waals surface area contributed by atoms with Crippen molar-refractivity contribution >= 4 is 17.9 Å². The largest absolute Gasteiger partial charge is 0.479 e. The van der Waals surface area contributed by atoms with Crippen molar-refractivity contribution in [2.24, 2.45) is 0 Å². The van der Waals surface area contributed by atoms with Crippen molar-refractivity contribution in [3.63, 3.8) is 0 Å². The smallest absolute Gasteiger partial charge is 0.335 e. The minimum Gasteiger partial charge on any atom is -0.479 e. The molecule has 7 rings (SSSR count). The molecule has 6 aliphatic heterocycles. The summed E-state index contributed by atoms with van der Waals surface area (Å²) in [5.74, 6) is -6.76. The lowest BCUT2D eigenvalue weighted by atomic mass is 10.1. The maximum Gasteiger partial charge on any atom is 0.335 e. The summed E-state index contributed by atoms with van der Waals surface area (Å²) in [5, 5.41) is 29.5. The molecule has 0 amide bonds. The highest BCUT2D eigenvalue weighted by atomic mass is 16.9. The molecule has 1 aromatic rings. The minimum atomic E-state index is -1.35. The summed E-state index contributed by atoms with van der Waals surface area (Å²) in [6, 6.07) is 5.23. The number of carboxylic acid groups (broad SMARTS) is 3. The second-order valence-corrected chi connectivity index (χ2v) is 14.6. The molecule has 6 fully saturated rings. The van der Waals surface area contributed by atoms with Gasteiger partial charge in [-0.25, -0.2) is 14.4 Å². The zero-order chi connectivity index (χ0) is 36.6. The van der Waals surface area contributed by atoms with Gasteiger partial charge in [-0.05, 0) is 58.2 Å². The fraction of sp³-hybridized carbons (Fsp3) is 0.727. The molecule has 0 unspecified atom stereocenters. The lowest BCUT2D eigenvalue weighted by Gasteiger charge is -2.25. The number of carbonyl (C=O) groups is 3. The monoisotopic (exact) mass is 726 g/mol. The van der Waals surface area contributed by atoms with Gasteiger partial charge >= 0.3 is 17.9 Å². The maximum atomic E-state index is 12.0. The average Bonchev–Trinajstić information content (AvgIpc) is 3.81. The number of aliphatic carboxylic acids is 3. The summed E-state index contributed by atoms with van der Waals surface area (Å²) in [7, 11) is 0. The Labute approximate surface area is 291 Å². The molecule has 0 radical (unpaired) electrons. The van der Waals surface area contributed by atoms with Crippen LogP contribution in [0.15, 0.2) is 18.2 Å². The van der Waals surface area contributed by atoms with Crippen molar-refractivity contribution in [3.8, 4) is 0 Å². The van der Waals surface area contributed by atoms with Gasteiger partial charge in [0.25, 0.3) is 0 Å². The zero-order valence-corrected chi connectivity index (χ0v) is 28.7. The quantitative estimate of drug-likeness (QED) is 0.275. The molecule has 282 valence electrons. The van der Waals surface area contributed by atoms with E-state index in [9.17, 15) is 29.7 Å². The van der Waals surface area contributed by atoms with Crippen LogP contribution in [0, 0.1) is 0 Å². The number of carboxylic acids is 3. The normalized spacial score (nSPS) is 39.9. The molecule has 6 aliphatic rings. The van der Waals surface area contributed by atoms with Crippen molar-refractivity contribution in [1.82, 2.24) is 0 Å². The van der Waals surface area contributed by atoms with Crippen LogP contribution in [0.5, 0.6) is 0 Å². The molecule has 6 heterocycles. The van der Waals surface area contributed by atoms with E-state index in [4.69, 9.17) is 56.8 Å². The molecule has 0 saturated carbocycles. The number of fused-ring (bicyclic) bond motifs is 3. The van der Waals surface area contributed by atoms with Gasteiger partial charge in [-0.3, -0.25) is 0 Å². The molecule has 18 heteroatoms. The number of ether oxygens (including phenoxy) is 12. The van der Waals surface area contributed by atoms with E-state index in [1.54, 1.807) is 59.7 Å². The lowest BCUT2D eigenvalue weighted by molar-refractivity contribution is -0.223. The van der Waals surface area contributed by atoms with E-state index >= 15 is 0 Å². The van der Waals surface area contributed by atoms with Crippen LogP contribution in [0.1, 0.15) is 58.2 Å². The van der Waals surface area contributed by atoms with E-state index in [1.807, 2.05) is 0 Å². The number of benzene rings is 1. The molecule has 0 bridgehead atoms. The molecule has 0 aliphatic carbocycles. The van der Waals surface area contributed by atoms with Gasteiger partial charge in [0.05, 0.1) is 19.8 Å². The van der Waals surface area contributed by atoms with Gasteiger partial charge in [-0.2, -0.15) is 0 Å². The Morgan fingerprint density at radius 3 is 1.00 bits per heavy atom. The average molecular weight is 727 g/mol. The Morgan fingerprint density at radius 1 is 0.510 bits per heavy atom. The first-order chi connectivity index (χ1) is 23.9. The molecular formula is C33H42O18. The van der Waals surface area contributed by atoms with Crippen LogP contribution in [0.2, 0.25) is 0 Å². The Kier molecular flexibility index (Phi) is 9.46. The maximum absolute atomic E-state index is 12.0. The van der Waals surface area contributed by atoms with Crippen molar-refractivity contribution in [3.05, 3.63) is 34.9 Å². The topological polar surface area (TPSA) is 223 Å². The number of hydrogen-bond donors (Lipinski definition) is 3. The Bertz CT molecular complexity index is 1340. The third kappa shape index (κ3) is 7.38. The van der Waals surface area contributed by atoms with E-state index in [-0.39, 0.29) is 19.8 Å². The first kappa shape index (κ1) is 36.5. The molecular weight excluding hydrogens is 684 g/mol. The molecule has 6 saturated heterocycles. The second-order valence-electron chi connectivity index (χ2n) is 14.6. The van der Waals surface area contributed by atoms with Gasteiger partial charge in [-0.15, -0.1) is 0 Å². The second kappa shape index (κ2) is 13.2. The van der Waals surface area contributed by atoms with Crippen LogP contribution in [-0.2, 0) is 91.0 Å². The highest BCUT2D eigenvalue weighted by Crippen LogP contribution is 2.42. The summed E-state index contributed by atoms with van der Waals surface area (Å²) in [4.78, 5) is 36.1. The molecule has 3 N–H and O–H groups in total. The third-order valence-corrected chi connectivity index (χ3v) is 9.14. The lowest BCUT2D eigenvalue weighted by Crippen LogP contribution is -2.41. The molecule has 12 atom stereocenters. The van der Waals surface area contributed by atoms with E-state index < -0.39 is 109 Å². The fourth-order valence-electron chi connectivity index (χ4n) is 7.25. The van der Waals surface area contributed by atoms with Crippen LogP contribution in [0.4, 0.5) is 0 Å². The predicted molar refractivity (Wildman–Crippen MR) is 161 cm³/mol. The van der Waals surface area contributed by atoms with Crippen LogP contribution in [0.25, 0.3) is 0 Å². The van der Waals surface area contributed by atoms with E-state index in [0.717, 1.165) is 0 Å². The Morgan fingerprint density at radius 2 is 0.765 bits per heavy atom. The summed E-state index contributed by atoms with van der Waals surface area (Å²) in [6.07, 6.45) is -12.4. The van der Waals surface area contributed by atoms with Crippen molar-refractivity contribution in [2.45, 2.75) is 153 Å². The summed E-state index contributed by atoms with van der Waals surface area (Å²) >= 11 is 0. The summed E-state index contributed by atoms with van der Waals surface area (Å²) < 4.78 is 70.1. The third-order valence-electron chi connectivity index (χ3n) is 9.14. The summed E-state index contributed by atoms with van der Waals surface area (Å²) in [5.41, 5.74) is 1.69. The van der Waals surface area contributed by atoms with Gasteiger partial charge in [0.15, 0.2) is 54.5 Å². The minimum absolute atomic E-state index is 0.105. The van der Waals surface area contributed by atoms with Crippen molar-refractivity contribution < 1.29 is 86.5 Å². The van der Waals surface area contributed by atoms with Gasteiger partial charge in [0, 0.05) is 0 Å². The summed E-state index contributed by atoms with van der Waals surface area (Å²) in [6.45, 7) is 9.79. The first-order valence-corrected chi connectivity index (χ1v) is 16.6. The Hall–Kier alpha value is -2.85. The van der Waals surface area contributed by atoms with E-state index in [1.165, 1.54) is 0 Å². The van der Waals surface area contributed by atoms with Crippen molar-refractivity contribution in [2.75, 3.05) is 0 Å². The van der Waals surface area contributed by atoms with E-state index in [0.29, 0.717) is 16.7 Å². The van der Waals surface area contributed by atoms with Gasteiger partial charge < -0.3 is 72.2 Å².